The van der Waals surface area contributed by atoms with Crippen LogP contribution in [0.2, 0.25) is 0 Å². The summed E-state index contributed by atoms with van der Waals surface area (Å²) in [5.41, 5.74) is 5.87. The molecule has 2 amide bonds. The first-order chi connectivity index (χ1) is 16.6. The summed E-state index contributed by atoms with van der Waals surface area (Å²) in [6, 6.07) is 7.66. The van der Waals surface area contributed by atoms with Crippen LogP contribution >= 0.6 is 0 Å². The van der Waals surface area contributed by atoms with E-state index in [0.717, 1.165) is 17.0 Å². The van der Waals surface area contributed by atoms with Gasteiger partial charge in [-0.3, -0.25) is 24.7 Å². The van der Waals surface area contributed by atoms with E-state index in [0.29, 0.717) is 32.6 Å². The fourth-order valence-corrected chi connectivity index (χ4v) is 3.77. The van der Waals surface area contributed by atoms with Gasteiger partial charge in [0, 0.05) is 52.9 Å². The number of benzene rings is 1. The molecular weight excluding hydrogens is 455 g/mol. The number of anilines is 1. The van der Waals surface area contributed by atoms with Gasteiger partial charge < -0.3 is 20.3 Å². The zero-order valence-electron chi connectivity index (χ0n) is 20.0. The van der Waals surface area contributed by atoms with Gasteiger partial charge in [-0.15, -0.1) is 0 Å². The molecule has 1 aliphatic heterocycles. The van der Waals surface area contributed by atoms with E-state index in [9.17, 15) is 18.8 Å². The van der Waals surface area contributed by atoms with Crippen LogP contribution in [-0.2, 0) is 16.1 Å². The molecule has 0 unspecified atom stereocenters. The lowest BCUT2D eigenvalue weighted by Gasteiger charge is -2.23. The Balaban J connectivity index is 1.79. The van der Waals surface area contributed by atoms with Crippen molar-refractivity contribution in [2.45, 2.75) is 13.0 Å². The molecule has 1 saturated heterocycles. The summed E-state index contributed by atoms with van der Waals surface area (Å²) in [6.45, 7) is 2.87. The molecule has 2 aromatic rings. The number of methoxy groups -OCH3 is 1. The summed E-state index contributed by atoms with van der Waals surface area (Å²) in [6.07, 6.45) is 0.711. The molecule has 0 atom stereocenters. The second-order valence-corrected chi connectivity index (χ2v) is 8.43. The van der Waals surface area contributed by atoms with E-state index in [1.54, 1.807) is 17.0 Å². The lowest BCUT2D eigenvalue weighted by Crippen LogP contribution is -2.37. The number of nitrogen functional groups attached to an aromatic ring is 1. The van der Waals surface area contributed by atoms with Crippen LogP contribution in [0.4, 0.5) is 10.1 Å². The average Bonchev–Trinajstić information content (AvgIpc) is 3.08. The van der Waals surface area contributed by atoms with Gasteiger partial charge in [0.1, 0.15) is 17.2 Å². The Bertz CT molecular complexity index is 1140. The summed E-state index contributed by atoms with van der Waals surface area (Å²) < 4.78 is 18.5. The van der Waals surface area contributed by atoms with Crippen LogP contribution in [0.5, 0.6) is 5.75 Å². The first-order valence-corrected chi connectivity index (χ1v) is 11.1. The van der Waals surface area contributed by atoms with E-state index < -0.39 is 23.3 Å². The number of rotatable bonds is 7. The molecule has 0 spiro atoms. The van der Waals surface area contributed by atoms with Gasteiger partial charge in [-0.25, -0.2) is 9.37 Å². The number of Topliss-reactive ketones (excluding diaryl/α,β-unsaturated/α-hetero) is 1. The smallest absolute Gasteiger partial charge is 0.296 e. The molecule has 10 nitrogen and oxygen atoms in total. The molecule has 0 aliphatic carbocycles. The Morgan fingerprint density at radius 2 is 1.80 bits per heavy atom. The van der Waals surface area contributed by atoms with E-state index in [-0.39, 0.29) is 28.6 Å². The molecule has 186 valence electrons. The van der Waals surface area contributed by atoms with Crippen LogP contribution in [0, 0.1) is 11.2 Å². The summed E-state index contributed by atoms with van der Waals surface area (Å²) in [7, 11) is 4.16. The molecule has 1 aromatic carbocycles. The summed E-state index contributed by atoms with van der Waals surface area (Å²) in [4.78, 5) is 46.8. The molecule has 1 aromatic heterocycles. The van der Waals surface area contributed by atoms with Crippen LogP contribution in [0.15, 0.2) is 30.3 Å². The van der Waals surface area contributed by atoms with Gasteiger partial charge in [0.05, 0.1) is 12.8 Å². The van der Waals surface area contributed by atoms with Crippen LogP contribution in [0.25, 0.3) is 0 Å². The van der Waals surface area contributed by atoms with E-state index >= 15 is 0 Å². The number of likely N-dealkylation sites (N-methyl/N-ethyl adjacent to an activating group) is 1. The number of amides is 2. The maximum absolute atomic E-state index is 13.4. The van der Waals surface area contributed by atoms with Crippen LogP contribution in [-0.4, -0.2) is 90.4 Å². The third-order valence-corrected chi connectivity index (χ3v) is 5.70. The minimum atomic E-state index is -1.08. The second kappa shape index (κ2) is 11.0. The number of aromatic nitrogens is 1. The molecule has 3 N–H and O–H groups in total. The number of carbonyl (C=O) groups excluding carboxylic acids is 3. The number of hydrogen-bond acceptors (Lipinski definition) is 8. The zero-order valence-corrected chi connectivity index (χ0v) is 20.0. The summed E-state index contributed by atoms with van der Waals surface area (Å²) in [5.74, 6) is -2.57. The van der Waals surface area contributed by atoms with Crippen molar-refractivity contribution in [1.29, 1.82) is 5.41 Å². The van der Waals surface area contributed by atoms with E-state index in [1.165, 1.54) is 39.4 Å². The maximum Gasteiger partial charge on any atom is 0.296 e. The summed E-state index contributed by atoms with van der Waals surface area (Å²) in [5, 5.41) is 8.16. The van der Waals surface area contributed by atoms with Crippen molar-refractivity contribution in [3.05, 3.63) is 53.1 Å². The minimum Gasteiger partial charge on any atom is -0.494 e. The predicted molar refractivity (Wildman–Crippen MR) is 128 cm³/mol. The first kappa shape index (κ1) is 25.8. The molecule has 1 aliphatic rings. The number of nitrogens with one attached hydrogen (secondary N) is 1. The monoisotopic (exact) mass is 484 g/mol. The lowest BCUT2D eigenvalue weighted by molar-refractivity contribution is -0.139. The van der Waals surface area contributed by atoms with Gasteiger partial charge in [0.2, 0.25) is 0 Å². The van der Waals surface area contributed by atoms with Gasteiger partial charge in [0.25, 0.3) is 17.6 Å². The number of pyridine rings is 1. The minimum absolute atomic E-state index is 0.0513. The number of carbonyl (C=O) groups is 3. The Hall–Kier alpha value is -3.86. The van der Waals surface area contributed by atoms with Crippen LogP contribution < -0.4 is 10.5 Å². The number of ketones is 1. The molecule has 11 heteroatoms. The average molecular weight is 485 g/mol. The zero-order chi connectivity index (χ0) is 25.7. The van der Waals surface area contributed by atoms with Crippen molar-refractivity contribution < 1.29 is 23.5 Å². The molecular formula is C24H29FN6O4. The van der Waals surface area contributed by atoms with Gasteiger partial charge in [-0.05, 0) is 24.1 Å². The third kappa shape index (κ3) is 5.99. The number of nitrogens with two attached hydrogens (primary N) is 1. The van der Waals surface area contributed by atoms with E-state index in [2.05, 4.69) is 9.88 Å². The highest BCUT2D eigenvalue weighted by atomic mass is 19.1. The molecule has 0 bridgehead atoms. The van der Waals surface area contributed by atoms with Crippen molar-refractivity contribution >= 4 is 29.0 Å². The molecule has 0 radical (unpaired) electrons. The van der Waals surface area contributed by atoms with E-state index in [4.69, 9.17) is 15.9 Å². The fourth-order valence-electron chi connectivity index (χ4n) is 3.77. The van der Waals surface area contributed by atoms with Crippen LogP contribution in [0.1, 0.15) is 28.2 Å². The van der Waals surface area contributed by atoms with Gasteiger partial charge >= 0.3 is 0 Å². The maximum atomic E-state index is 13.4. The van der Waals surface area contributed by atoms with Crippen molar-refractivity contribution in [1.82, 2.24) is 19.7 Å². The Morgan fingerprint density at radius 1 is 1.11 bits per heavy atom. The van der Waals surface area contributed by atoms with Crippen molar-refractivity contribution in [3.63, 3.8) is 0 Å². The van der Waals surface area contributed by atoms with Crippen molar-refractivity contribution in [2.75, 3.05) is 53.1 Å². The van der Waals surface area contributed by atoms with Gasteiger partial charge in [-0.1, -0.05) is 12.1 Å². The third-order valence-electron chi connectivity index (χ3n) is 5.70. The highest BCUT2D eigenvalue weighted by Crippen LogP contribution is 2.25. The number of hydrogen-bond donors (Lipinski definition) is 2. The van der Waals surface area contributed by atoms with E-state index in [1.807, 2.05) is 0 Å². The number of halogens is 1. The van der Waals surface area contributed by atoms with Crippen molar-refractivity contribution in [3.8, 4) is 5.75 Å². The SMILES string of the molecule is COc1cc(N)c(C(=N)C(=O)C(=O)N(C)C)nc1C(=O)N1CCCN(Cc2ccc(F)cc2)CC1. The topological polar surface area (TPSA) is 133 Å². The Kier molecular flexibility index (Phi) is 8.13. The predicted octanol–water partition coefficient (Wildman–Crippen LogP) is 1.18. The highest BCUT2D eigenvalue weighted by Gasteiger charge is 2.29. The fraction of sp³-hybridized carbons (Fsp3) is 0.375. The molecule has 0 saturated carbocycles. The largest absolute Gasteiger partial charge is 0.494 e. The number of ether oxygens (including phenoxy) is 1. The molecule has 1 fully saturated rings. The molecule has 2 heterocycles. The van der Waals surface area contributed by atoms with Gasteiger partial charge in [-0.2, -0.15) is 0 Å². The summed E-state index contributed by atoms with van der Waals surface area (Å²) >= 11 is 0. The molecule has 35 heavy (non-hydrogen) atoms. The van der Waals surface area contributed by atoms with Crippen LogP contribution in [0.3, 0.4) is 0 Å². The number of nitrogens with zero attached hydrogens (tertiary/aromatic N) is 4. The Morgan fingerprint density at radius 3 is 2.43 bits per heavy atom. The standard InChI is InChI=1S/C24H29FN6O4/c1-29(2)24(34)22(32)19(27)20-17(26)13-18(35-3)21(28-20)23(33)31-10-4-9-30(11-12-31)14-15-5-7-16(25)8-6-15/h5-8,13,27H,4,9-12,14,26H2,1-3H3. The normalized spacial score (nSPS) is 14.2. The van der Waals surface area contributed by atoms with Gasteiger partial charge in [0.15, 0.2) is 11.4 Å². The lowest BCUT2D eigenvalue weighted by atomic mass is 10.1. The quantitative estimate of drug-likeness (QED) is 0.445. The molecule has 3 rings (SSSR count). The highest BCUT2D eigenvalue weighted by molar-refractivity contribution is 6.67. The Labute approximate surface area is 203 Å². The first-order valence-electron chi connectivity index (χ1n) is 11.1. The second-order valence-electron chi connectivity index (χ2n) is 8.43. The van der Waals surface area contributed by atoms with Crippen molar-refractivity contribution in [2.24, 2.45) is 0 Å².